The molecule has 0 saturated heterocycles. The van der Waals surface area contributed by atoms with Gasteiger partial charge in [0.1, 0.15) is 17.4 Å². The van der Waals surface area contributed by atoms with Crippen molar-refractivity contribution in [3.05, 3.63) is 84.4 Å². The second-order valence-corrected chi connectivity index (χ2v) is 7.81. The first-order chi connectivity index (χ1) is 16.1. The molecule has 4 aromatic rings. The number of anilines is 1. The first kappa shape index (κ1) is 22.5. The van der Waals surface area contributed by atoms with E-state index in [9.17, 15) is 13.6 Å². The molecule has 33 heavy (non-hydrogen) atoms. The first-order valence-corrected chi connectivity index (χ1v) is 11.2. The van der Waals surface area contributed by atoms with E-state index >= 15 is 0 Å². The molecule has 1 N–H and O–H groups in total. The summed E-state index contributed by atoms with van der Waals surface area (Å²) in [5.74, 6) is -0.278. The predicted octanol–water partition coefficient (Wildman–Crippen LogP) is 5.34. The molecule has 0 spiro atoms. The Morgan fingerprint density at radius 3 is 2.48 bits per heavy atom. The van der Waals surface area contributed by atoms with Gasteiger partial charge >= 0.3 is 0 Å². The van der Waals surface area contributed by atoms with Crippen LogP contribution in [0.2, 0.25) is 0 Å². The fraction of sp³-hybridized carbons (Fsp3) is 0.125. The monoisotopic (exact) mass is 466 g/mol. The van der Waals surface area contributed by atoms with Crippen molar-refractivity contribution in [3.8, 4) is 22.8 Å². The van der Waals surface area contributed by atoms with E-state index < -0.39 is 11.6 Å². The molecule has 0 atom stereocenters. The van der Waals surface area contributed by atoms with Crippen LogP contribution < -0.4 is 10.1 Å². The SMILES string of the molecule is CCOc1ccccc1NC(=O)CSc1nnc(-c2ccccc2F)n1-c1ccc(F)cc1. The number of hydrogen-bond acceptors (Lipinski definition) is 5. The van der Waals surface area contributed by atoms with Crippen molar-refractivity contribution in [2.45, 2.75) is 12.1 Å². The van der Waals surface area contributed by atoms with Crippen molar-refractivity contribution in [3.63, 3.8) is 0 Å². The molecule has 0 saturated carbocycles. The van der Waals surface area contributed by atoms with Crippen LogP contribution in [-0.2, 0) is 4.79 Å². The van der Waals surface area contributed by atoms with Gasteiger partial charge in [0.25, 0.3) is 0 Å². The minimum Gasteiger partial charge on any atom is -0.492 e. The molecule has 1 aromatic heterocycles. The van der Waals surface area contributed by atoms with Gasteiger partial charge in [-0.1, -0.05) is 36.0 Å². The fourth-order valence-electron chi connectivity index (χ4n) is 3.17. The van der Waals surface area contributed by atoms with E-state index in [1.165, 1.54) is 18.2 Å². The van der Waals surface area contributed by atoms with Crippen LogP contribution >= 0.6 is 11.8 Å². The second-order valence-electron chi connectivity index (χ2n) is 6.86. The molecule has 1 heterocycles. The molecule has 6 nitrogen and oxygen atoms in total. The highest BCUT2D eigenvalue weighted by molar-refractivity contribution is 7.99. The zero-order valence-electron chi connectivity index (χ0n) is 17.7. The van der Waals surface area contributed by atoms with Gasteiger partial charge in [-0.05, 0) is 55.5 Å². The quantitative estimate of drug-likeness (QED) is 0.355. The van der Waals surface area contributed by atoms with Gasteiger partial charge in [0, 0.05) is 5.69 Å². The summed E-state index contributed by atoms with van der Waals surface area (Å²) in [5, 5.41) is 11.5. The van der Waals surface area contributed by atoms with E-state index in [0.29, 0.717) is 28.9 Å². The lowest BCUT2D eigenvalue weighted by Crippen LogP contribution is -2.15. The maximum absolute atomic E-state index is 14.5. The third kappa shape index (κ3) is 5.20. The number of para-hydroxylation sites is 2. The number of halogens is 2. The number of benzene rings is 3. The molecule has 0 radical (unpaired) electrons. The smallest absolute Gasteiger partial charge is 0.234 e. The highest BCUT2D eigenvalue weighted by Crippen LogP contribution is 2.30. The molecule has 0 aliphatic heterocycles. The molecule has 168 valence electrons. The third-order valence-corrected chi connectivity index (χ3v) is 5.56. The van der Waals surface area contributed by atoms with Crippen molar-refractivity contribution in [2.75, 3.05) is 17.7 Å². The number of ether oxygens (including phenoxy) is 1. The van der Waals surface area contributed by atoms with Crippen LogP contribution in [0.5, 0.6) is 5.75 Å². The standard InChI is InChI=1S/C24H20F2N4O2S/c1-2-32-21-10-6-5-9-20(21)27-22(31)15-33-24-29-28-23(18-7-3-4-8-19(18)26)30(24)17-13-11-16(25)12-14-17/h3-14H,2,15H2,1H3,(H,27,31). The topological polar surface area (TPSA) is 69.0 Å². The molecule has 0 unspecified atom stereocenters. The van der Waals surface area contributed by atoms with E-state index in [2.05, 4.69) is 15.5 Å². The summed E-state index contributed by atoms with van der Waals surface area (Å²) in [7, 11) is 0. The molecule has 4 rings (SSSR count). The van der Waals surface area contributed by atoms with E-state index in [-0.39, 0.29) is 23.0 Å². The number of carbonyl (C=O) groups excluding carboxylic acids is 1. The van der Waals surface area contributed by atoms with Crippen molar-refractivity contribution in [1.29, 1.82) is 0 Å². The maximum Gasteiger partial charge on any atom is 0.234 e. The molecular weight excluding hydrogens is 446 g/mol. The number of aromatic nitrogens is 3. The van der Waals surface area contributed by atoms with Gasteiger partial charge in [-0.25, -0.2) is 8.78 Å². The summed E-state index contributed by atoms with van der Waals surface area (Å²) >= 11 is 1.13. The van der Waals surface area contributed by atoms with Crippen molar-refractivity contribution < 1.29 is 18.3 Å². The molecule has 0 aliphatic rings. The molecule has 0 aliphatic carbocycles. The van der Waals surface area contributed by atoms with Crippen molar-refractivity contribution >= 4 is 23.4 Å². The van der Waals surface area contributed by atoms with Crippen LogP contribution in [0.3, 0.4) is 0 Å². The normalized spacial score (nSPS) is 10.8. The van der Waals surface area contributed by atoms with Gasteiger partial charge in [-0.2, -0.15) is 0 Å². The first-order valence-electron chi connectivity index (χ1n) is 10.2. The Kier molecular flexibility index (Phi) is 6.99. The van der Waals surface area contributed by atoms with Crippen LogP contribution in [0, 0.1) is 11.6 Å². The number of carbonyl (C=O) groups is 1. The largest absolute Gasteiger partial charge is 0.492 e. The van der Waals surface area contributed by atoms with Crippen LogP contribution in [0.15, 0.2) is 78.0 Å². The minimum atomic E-state index is -0.463. The average molecular weight is 467 g/mol. The Morgan fingerprint density at radius 2 is 1.73 bits per heavy atom. The fourth-order valence-corrected chi connectivity index (χ4v) is 3.92. The number of thioether (sulfide) groups is 1. The average Bonchev–Trinajstić information content (AvgIpc) is 3.24. The lowest BCUT2D eigenvalue weighted by atomic mass is 10.2. The number of nitrogens with zero attached hydrogens (tertiary/aromatic N) is 3. The van der Waals surface area contributed by atoms with Gasteiger partial charge in [-0.3, -0.25) is 9.36 Å². The molecule has 9 heteroatoms. The number of nitrogens with one attached hydrogen (secondary N) is 1. The number of rotatable bonds is 8. The Bertz CT molecular complexity index is 1260. The predicted molar refractivity (Wildman–Crippen MR) is 124 cm³/mol. The van der Waals surface area contributed by atoms with Crippen LogP contribution in [0.25, 0.3) is 17.1 Å². The van der Waals surface area contributed by atoms with Crippen molar-refractivity contribution in [2.24, 2.45) is 0 Å². The number of amides is 1. The van der Waals surface area contributed by atoms with Gasteiger partial charge in [0.15, 0.2) is 11.0 Å². The highest BCUT2D eigenvalue weighted by atomic mass is 32.2. The van der Waals surface area contributed by atoms with Crippen LogP contribution in [-0.4, -0.2) is 33.0 Å². The van der Waals surface area contributed by atoms with Crippen LogP contribution in [0.1, 0.15) is 6.92 Å². The summed E-state index contributed by atoms with van der Waals surface area (Å²) in [6.45, 7) is 2.34. The Balaban J connectivity index is 1.60. The summed E-state index contributed by atoms with van der Waals surface area (Å²) in [6, 6.07) is 19.0. The molecule has 0 fully saturated rings. The zero-order valence-corrected chi connectivity index (χ0v) is 18.5. The molecule has 3 aromatic carbocycles. The molecule has 0 bridgehead atoms. The zero-order chi connectivity index (χ0) is 23.2. The van der Waals surface area contributed by atoms with Gasteiger partial charge in [0.05, 0.1) is 23.6 Å². The Hall–Kier alpha value is -3.72. The summed E-state index contributed by atoms with van der Waals surface area (Å²) in [5.41, 5.74) is 1.36. The van der Waals surface area contributed by atoms with Crippen LogP contribution in [0.4, 0.5) is 14.5 Å². The highest BCUT2D eigenvalue weighted by Gasteiger charge is 2.20. The number of hydrogen-bond donors (Lipinski definition) is 1. The van der Waals surface area contributed by atoms with Crippen molar-refractivity contribution in [1.82, 2.24) is 14.8 Å². The van der Waals surface area contributed by atoms with E-state index in [1.54, 1.807) is 53.1 Å². The lowest BCUT2D eigenvalue weighted by Gasteiger charge is -2.12. The van der Waals surface area contributed by atoms with E-state index in [4.69, 9.17) is 4.74 Å². The second kappa shape index (κ2) is 10.3. The summed E-state index contributed by atoms with van der Waals surface area (Å²) in [6.07, 6.45) is 0. The Morgan fingerprint density at radius 1 is 1.00 bits per heavy atom. The van der Waals surface area contributed by atoms with E-state index in [0.717, 1.165) is 11.8 Å². The molecular formula is C24H20F2N4O2S. The Labute approximate surface area is 193 Å². The van der Waals surface area contributed by atoms with Gasteiger partial charge in [-0.15, -0.1) is 10.2 Å². The third-order valence-electron chi connectivity index (χ3n) is 4.63. The maximum atomic E-state index is 14.5. The van der Waals surface area contributed by atoms with Gasteiger partial charge in [0.2, 0.25) is 5.91 Å². The van der Waals surface area contributed by atoms with E-state index in [1.807, 2.05) is 13.0 Å². The van der Waals surface area contributed by atoms with Gasteiger partial charge < -0.3 is 10.1 Å². The lowest BCUT2D eigenvalue weighted by molar-refractivity contribution is -0.113. The summed E-state index contributed by atoms with van der Waals surface area (Å²) < 4.78 is 35.1. The summed E-state index contributed by atoms with van der Waals surface area (Å²) in [4.78, 5) is 12.6. The molecule has 1 amide bonds. The minimum absolute atomic E-state index is 0.0249.